The largest absolute Gasteiger partial charge is 0.0851 e. The van der Waals surface area contributed by atoms with E-state index in [9.17, 15) is 0 Å². The Morgan fingerprint density at radius 3 is 2.57 bits per heavy atom. The molecule has 0 unspecified atom stereocenters. The first kappa shape index (κ1) is 3.71. The van der Waals surface area contributed by atoms with E-state index in [0.717, 1.165) is 11.8 Å². The molecule has 2 atom stereocenters. The molecule has 36 valence electrons. The van der Waals surface area contributed by atoms with Gasteiger partial charge in [-0.2, -0.15) is 0 Å². The molecule has 0 aromatic rings. The lowest BCUT2D eigenvalue weighted by molar-refractivity contribution is 0.693. The third kappa shape index (κ3) is 0.425. The van der Waals surface area contributed by atoms with E-state index in [0.29, 0.717) is 0 Å². The summed E-state index contributed by atoms with van der Waals surface area (Å²) in [6, 6.07) is 0. The quantitative estimate of drug-likeness (QED) is 0.399. The van der Waals surface area contributed by atoms with Crippen LogP contribution in [0.5, 0.6) is 0 Å². The van der Waals surface area contributed by atoms with Crippen LogP contribution in [0.4, 0.5) is 0 Å². The second-order valence-electron chi connectivity index (χ2n) is 2.40. The van der Waals surface area contributed by atoms with Gasteiger partial charge >= 0.3 is 0 Å². The van der Waals surface area contributed by atoms with E-state index in [2.05, 4.69) is 18.6 Å². The Hall–Kier alpha value is -0.260. The summed E-state index contributed by atoms with van der Waals surface area (Å²) in [7, 11) is 0. The predicted octanol–water partition coefficient (Wildman–Crippen LogP) is 1.66. The summed E-state index contributed by atoms with van der Waals surface area (Å²) in [4.78, 5) is 0. The highest BCUT2D eigenvalue weighted by Crippen LogP contribution is 2.37. The highest BCUT2D eigenvalue weighted by atomic mass is 14.3. The maximum absolute atomic E-state index is 3.37. The molecule has 1 saturated carbocycles. The number of hydrogen-bond donors (Lipinski definition) is 0. The summed E-state index contributed by atoms with van der Waals surface area (Å²) in [5.41, 5.74) is 0. The minimum atomic E-state index is 0.741. The van der Waals surface area contributed by atoms with Gasteiger partial charge in [-0.25, -0.2) is 0 Å². The van der Waals surface area contributed by atoms with Crippen molar-refractivity contribution in [1.29, 1.82) is 0 Å². The van der Waals surface area contributed by atoms with Gasteiger partial charge in [-0.3, -0.25) is 0 Å². The zero-order valence-corrected chi connectivity index (χ0v) is 4.22. The number of rotatable bonds is 0. The summed E-state index contributed by atoms with van der Waals surface area (Å²) in [6.45, 7) is 0. The smallest absolute Gasteiger partial charge is 0.00927 e. The van der Waals surface area contributed by atoms with Crippen molar-refractivity contribution in [3.05, 3.63) is 18.6 Å². The molecule has 0 heterocycles. The van der Waals surface area contributed by atoms with Gasteiger partial charge < -0.3 is 0 Å². The first-order valence-corrected chi connectivity index (χ1v) is 2.87. The van der Waals surface area contributed by atoms with E-state index >= 15 is 0 Å². The summed E-state index contributed by atoms with van der Waals surface area (Å²) in [5.74, 6) is 1.62. The molecule has 0 amide bonds. The minimum Gasteiger partial charge on any atom is -0.0851 e. The molecule has 2 rings (SSSR count). The predicted molar refractivity (Wildman–Crippen MR) is 28.6 cm³/mol. The first-order valence-electron chi connectivity index (χ1n) is 2.87. The van der Waals surface area contributed by atoms with Crippen molar-refractivity contribution in [2.75, 3.05) is 0 Å². The highest BCUT2D eigenvalue weighted by Gasteiger charge is 2.25. The van der Waals surface area contributed by atoms with Crippen molar-refractivity contribution in [3.8, 4) is 0 Å². The van der Waals surface area contributed by atoms with E-state index in [1.54, 1.807) is 0 Å². The van der Waals surface area contributed by atoms with E-state index in [1.165, 1.54) is 12.8 Å². The zero-order valence-electron chi connectivity index (χ0n) is 4.22. The van der Waals surface area contributed by atoms with Crippen molar-refractivity contribution in [2.45, 2.75) is 12.8 Å². The average molecular weight is 92.1 g/mol. The van der Waals surface area contributed by atoms with Gasteiger partial charge in [-0.05, 0) is 31.1 Å². The average Bonchev–Trinajstić information content (AvgIpc) is 2.22. The van der Waals surface area contributed by atoms with Gasteiger partial charge in [0, 0.05) is 0 Å². The summed E-state index contributed by atoms with van der Waals surface area (Å²) >= 11 is 0. The molecule has 0 heteroatoms. The van der Waals surface area contributed by atoms with Gasteiger partial charge in [0.2, 0.25) is 0 Å². The fraction of sp³-hybridized carbons (Fsp3) is 0.571. The molecule has 7 heavy (non-hydrogen) atoms. The molecule has 0 nitrogen and oxygen atoms in total. The molecule has 1 fully saturated rings. The Morgan fingerprint density at radius 1 is 1.43 bits per heavy atom. The Morgan fingerprint density at radius 2 is 2.43 bits per heavy atom. The van der Waals surface area contributed by atoms with Crippen LogP contribution in [0.15, 0.2) is 12.2 Å². The molecular formula is C7H8. The maximum Gasteiger partial charge on any atom is -0.00927 e. The van der Waals surface area contributed by atoms with E-state index in [4.69, 9.17) is 0 Å². The maximum atomic E-state index is 3.37. The molecule has 0 aromatic carbocycles. The van der Waals surface area contributed by atoms with Crippen LogP contribution < -0.4 is 0 Å². The van der Waals surface area contributed by atoms with Crippen LogP contribution in [0.2, 0.25) is 0 Å². The van der Waals surface area contributed by atoms with Crippen LogP contribution in [0.25, 0.3) is 0 Å². The Bertz CT molecular complexity index is 90.6. The molecule has 2 aliphatic rings. The van der Waals surface area contributed by atoms with Gasteiger partial charge in [0.25, 0.3) is 0 Å². The monoisotopic (exact) mass is 92.1 g/mol. The fourth-order valence-corrected chi connectivity index (χ4v) is 1.38. The fourth-order valence-electron chi connectivity index (χ4n) is 1.38. The molecule has 0 aromatic heterocycles. The van der Waals surface area contributed by atoms with Crippen LogP contribution in [0.1, 0.15) is 12.8 Å². The standard InChI is InChI=1S/C7H8/c1-2-7-4-3-6(1)5-7/h1-2,6-7H,3,5H2/t6-,7+/m1/s1. The first-order chi connectivity index (χ1) is 3.45. The van der Waals surface area contributed by atoms with E-state index in [-0.39, 0.29) is 0 Å². The zero-order chi connectivity index (χ0) is 4.69. The lowest BCUT2D eigenvalue weighted by Crippen LogP contribution is -1.83. The number of hydrogen-bond acceptors (Lipinski definition) is 0. The summed E-state index contributed by atoms with van der Waals surface area (Å²) in [6.07, 6.45) is 10.5. The van der Waals surface area contributed by atoms with Crippen LogP contribution in [-0.4, -0.2) is 0 Å². The van der Waals surface area contributed by atoms with Crippen LogP contribution in [0.3, 0.4) is 0 Å². The van der Waals surface area contributed by atoms with Crippen molar-refractivity contribution >= 4 is 0 Å². The molecule has 0 N–H and O–H groups in total. The normalized spacial score (nSPS) is 45.7. The van der Waals surface area contributed by atoms with Crippen LogP contribution in [0, 0.1) is 18.3 Å². The van der Waals surface area contributed by atoms with Gasteiger partial charge in [-0.15, -0.1) is 0 Å². The van der Waals surface area contributed by atoms with Crippen molar-refractivity contribution in [2.24, 2.45) is 11.8 Å². The third-order valence-corrected chi connectivity index (χ3v) is 1.81. The molecule has 0 saturated heterocycles. The van der Waals surface area contributed by atoms with Crippen molar-refractivity contribution < 1.29 is 0 Å². The van der Waals surface area contributed by atoms with Crippen molar-refractivity contribution in [1.82, 2.24) is 0 Å². The topological polar surface area (TPSA) is 0 Å². The highest BCUT2D eigenvalue weighted by molar-refractivity contribution is 5.13. The molecule has 0 aliphatic heterocycles. The second kappa shape index (κ2) is 1.12. The number of allylic oxidation sites excluding steroid dienone is 2. The third-order valence-electron chi connectivity index (χ3n) is 1.81. The lowest BCUT2D eigenvalue weighted by atomic mass is 10.1. The second-order valence-corrected chi connectivity index (χ2v) is 2.40. The SMILES string of the molecule is [C]1C[C@H]2C=C[C@@H]1C2. The molecule has 2 bridgehead atoms. The number of fused-ring (bicyclic) bond motifs is 2. The lowest BCUT2D eigenvalue weighted by Gasteiger charge is -1.95. The molecule has 2 aliphatic carbocycles. The Balaban J connectivity index is 2.27. The summed E-state index contributed by atoms with van der Waals surface area (Å²) in [5, 5.41) is 0. The van der Waals surface area contributed by atoms with Crippen LogP contribution in [-0.2, 0) is 0 Å². The Labute approximate surface area is 44.2 Å². The van der Waals surface area contributed by atoms with Gasteiger partial charge in [0.05, 0.1) is 0 Å². The van der Waals surface area contributed by atoms with E-state index in [1.807, 2.05) is 0 Å². The van der Waals surface area contributed by atoms with Gasteiger partial charge in [-0.1, -0.05) is 12.2 Å². The van der Waals surface area contributed by atoms with Gasteiger partial charge in [0.15, 0.2) is 0 Å². The summed E-state index contributed by atoms with van der Waals surface area (Å²) < 4.78 is 0. The van der Waals surface area contributed by atoms with Crippen molar-refractivity contribution in [3.63, 3.8) is 0 Å². The Kier molecular flexibility index (Phi) is 0.592. The molecular weight excluding hydrogens is 84.1 g/mol. The molecule has 2 radical (unpaired) electrons. The molecule has 0 spiro atoms. The minimum absolute atomic E-state index is 0.741. The van der Waals surface area contributed by atoms with Crippen LogP contribution >= 0.6 is 0 Å². The van der Waals surface area contributed by atoms with E-state index < -0.39 is 0 Å². The van der Waals surface area contributed by atoms with Gasteiger partial charge in [0.1, 0.15) is 0 Å².